The van der Waals surface area contributed by atoms with E-state index in [4.69, 9.17) is 5.73 Å². The van der Waals surface area contributed by atoms with Crippen molar-refractivity contribution < 1.29 is 4.39 Å². The second-order valence-corrected chi connectivity index (χ2v) is 5.42. The van der Waals surface area contributed by atoms with Crippen molar-refractivity contribution in [2.24, 2.45) is 5.73 Å². The molecule has 0 aliphatic carbocycles. The standard InChI is InChI=1S/C16H12BrFN2/c17-12-4-1-5-13(18)15(12)16(19)11-7-6-10-3-2-8-20-14(10)9-11/h1-9,16H,19H2. The van der Waals surface area contributed by atoms with Crippen LogP contribution in [0.2, 0.25) is 0 Å². The zero-order valence-corrected chi connectivity index (χ0v) is 12.1. The Morgan fingerprint density at radius 2 is 1.95 bits per heavy atom. The van der Waals surface area contributed by atoms with Gasteiger partial charge in [-0.3, -0.25) is 4.98 Å². The third-order valence-corrected chi connectivity index (χ3v) is 3.99. The van der Waals surface area contributed by atoms with Crippen LogP contribution in [0, 0.1) is 5.82 Å². The maximum atomic E-state index is 14.0. The number of rotatable bonds is 2. The summed E-state index contributed by atoms with van der Waals surface area (Å²) in [6.07, 6.45) is 1.73. The van der Waals surface area contributed by atoms with E-state index in [0.29, 0.717) is 10.0 Å². The van der Waals surface area contributed by atoms with E-state index in [0.717, 1.165) is 16.5 Å². The fourth-order valence-electron chi connectivity index (χ4n) is 2.25. The molecule has 1 heterocycles. The molecule has 20 heavy (non-hydrogen) atoms. The van der Waals surface area contributed by atoms with Crippen LogP contribution in [0.25, 0.3) is 10.9 Å². The molecule has 0 spiro atoms. The predicted molar refractivity (Wildman–Crippen MR) is 81.9 cm³/mol. The summed E-state index contributed by atoms with van der Waals surface area (Å²) in [6.45, 7) is 0. The minimum atomic E-state index is -0.531. The van der Waals surface area contributed by atoms with Gasteiger partial charge < -0.3 is 5.73 Å². The van der Waals surface area contributed by atoms with Crippen LogP contribution in [0.4, 0.5) is 4.39 Å². The summed E-state index contributed by atoms with van der Waals surface area (Å²) in [7, 11) is 0. The van der Waals surface area contributed by atoms with E-state index in [2.05, 4.69) is 20.9 Å². The molecule has 0 amide bonds. The van der Waals surface area contributed by atoms with Gasteiger partial charge in [0.05, 0.1) is 11.6 Å². The molecular weight excluding hydrogens is 319 g/mol. The van der Waals surface area contributed by atoms with Gasteiger partial charge in [0.1, 0.15) is 5.82 Å². The molecule has 0 radical (unpaired) electrons. The van der Waals surface area contributed by atoms with Crippen molar-refractivity contribution in [1.82, 2.24) is 4.98 Å². The van der Waals surface area contributed by atoms with E-state index in [1.54, 1.807) is 18.3 Å². The van der Waals surface area contributed by atoms with Gasteiger partial charge in [0.2, 0.25) is 0 Å². The van der Waals surface area contributed by atoms with Crippen molar-refractivity contribution in [2.45, 2.75) is 6.04 Å². The third-order valence-electron chi connectivity index (χ3n) is 3.30. The summed E-state index contributed by atoms with van der Waals surface area (Å²) in [4.78, 5) is 4.30. The van der Waals surface area contributed by atoms with E-state index >= 15 is 0 Å². The van der Waals surface area contributed by atoms with Gasteiger partial charge in [0.15, 0.2) is 0 Å². The zero-order valence-electron chi connectivity index (χ0n) is 10.6. The van der Waals surface area contributed by atoms with E-state index in [1.165, 1.54) is 6.07 Å². The van der Waals surface area contributed by atoms with Crippen LogP contribution in [-0.2, 0) is 0 Å². The number of hydrogen-bond acceptors (Lipinski definition) is 2. The first-order valence-corrected chi connectivity index (χ1v) is 7.00. The molecule has 2 aromatic carbocycles. The third kappa shape index (κ3) is 2.32. The maximum absolute atomic E-state index is 14.0. The largest absolute Gasteiger partial charge is 0.320 e. The van der Waals surface area contributed by atoms with E-state index in [9.17, 15) is 4.39 Å². The second kappa shape index (κ2) is 5.31. The lowest BCUT2D eigenvalue weighted by atomic mass is 9.98. The lowest BCUT2D eigenvalue weighted by Crippen LogP contribution is -2.14. The van der Waals surface area contributed by atoms with Crippen LogP contribution in [0.5, 0.6) is 0 Å². The van der Waals surface area contributed by atoms with E-state index in [1.807, 2.05) is 30.3 Å². The van der Waals surface area contributed by atoms with Gasteiger partial charge in [-0.2, -0.15) is 0 Å². The molecule has 1 atom stereocenters. The van der Waals surface area contributed by atoms with E-state index in [-0.39, 0.29) is 5.82 Å². The van der Waals surface area contributed by atoms with Gasteiger partial charge in [-0.1, -0.05) is 40.2 Å². The summed E-state index contributed by atoms with van der Waals surface area (Å²) < 4.78 is 14.6. The molecule has 3 aromatic rings. The number of aromatic nitrogens is 1. The van der Waals surface area contributed by atoms with Crippen LogP contribution in [0.1, 0.15) is 17.2 Å². The smallest absolute Gasteiger partial charge is 0.129 e. The first-order valence-electron chi connectivity index (χ1n) is 6.21. The number of nitrogens with two attached hydrogens (primary N) is 1. The molecule has 100 valence electrons. The number of halogens is 2. The van der Waals surface area contributed by atoms with Gasteiger partial charge in [0.25, 0.3) is 0 Å². The van der Waals surface area contributed by atoms with Crippen LogP contribution < -0.4 is 5.73 Å². The molecule has 3 rings (SSSR count). The Hall–Kier alpha value is -1.78. The molecule has 1 aromatic heterocycles. The molecule has 0 saturated carbocycles. The monoisotopic (exact) mass is 330 g/mol. The van der Waals surface area contributed by atoms with E-state index < -0.39 is 6.04 Å². The molecule has 2 N–H and O–H groups in total. The van der Waals surface area contributed by atoms with Crippen molar-refractivity contribution in [3.8, 4) is 0 Å². The number of fused-ring (bicyclic) bond motifs is 1. The van der Waals surface area contributed by atoms with Gasteiger partial charge in [-0.05, 0) is 29.8 Å². The van der Waals surface area contributed by atoms with Crippen LogP contribution in [0.15, 0.2) is 59.2 Å². The second-order valence-electron chi connectivity index (χ2n) is 4.57. The zero-order chi connectivity index (χ0) is 14.1. The maximum Gasteiger partial charge on any atom is 0.129 e. The molecule has 0 saturated heterocycles. The summed E-state index contributed by atoms with van der Waals surface area (Å²) in [6, 6.07) is 14.0. The first kappa shape index (κ1) is 13.2. The Kier molecular flexibility index (Phi) is 3.51. The minimum Gasteiger partial charge on any atom is -0.320 e. The van der Waals surface area contributed by atoms with Gasteiger partial charge in [-0.15, -0.1) is 0 Å². The lowest BCUT2D eigenvalue weighted by Gasteiger charge is -2.15. The van der Waals surface area contributed by atoms with Crippen molar-refractivity contribution in [1.29, 1.82) is 0 Å². The van der Waals surface area contributed by atoms with Gasteiger partial charge in [-0.25, -0.2) is 4.39 Å². The van der Waals surface area contributed by atoms with Crippen molar-refractivity contribution in [3.05, 3.63) is 76.1 Å². The molecular formula is C16H12BrFN2. The first-order chi connectivity index (χ1) is 9.66. The number of nitrogens with zero attached hydrogens (tertiary/aromatic N) is 1. The van der Waals surface area contributed by atoms with Gasteiger partial charge in [0, 0.05) is 21.6 Å². The van der Waals surface area contributed by atoms with Crippen molar-refractivity contribution in [3.63, 3.8) is 0 Å². The van der Waals surface area contributed by atoms with Crippen LogP contribution >= 0.6 is 15.9 Å². The Morgan fingerprint density at radius 3 is 2.75 bits per heavy atom. The molecule has 4 heteroatoms. The average Bonchev–Trinajstić information content (AvgIpc) is 2.46. The molecule has 1 unspecified atom stereocenters. The summed E-state index contributed by atoms with van der Waals surface area (Å²) in [5, 5.41) is 1.04. The lowest BCUT2D eigenvalue weighted by molar-refractivity contribution is 0.598. The fourth-order valence-corrected chi connectivity index (χ4v) is 2.84. The van der Waals surface area contributed by atoms with Crippen molar-refractivity contribution >= 4 is 26.8 Å². The van der Waals surface area contributed by atoms with Crippen LogP contribution in [-0.4, -0.2) is 4.98 Å². The van der Waals surface area contributed by atoms with Crippen LogP contribution in [0.3, 0.4) is 0 Å². The Balaban J connectivity index is 2.10. The molecule has 2 nitrogen and oxygen atoms in total. The molecule has 0 bridgehead atoms. The molecule has 0 aliphatic heterocycles. The molecule has 0 fully saturated rings. The Morgan fingerprint density at radius 1 is 1.10 bits per heavy atom. The average molecular weight is 331 g/mol. The highest BCUT2D eigenvalue weighted by molar-refractivity contribution is 9.10. The summed E-state index contributed by atoms with van der Waals surface area (Å²) in [5.74, 6) is -0.312. The Labute approximate surface area is 124 Å². The topological polar surface area (TPSA) is 38.9 Å². The minimum absolute atomic E-state index is 0.312. The number of benzene rings is 2. The molecule has 0 aliphatic rings. The predicted octanol–water partition coefficient (Wildman–Crippen LogP) is 4.18. The fraction of sp³-hybridized carbons (Fsp3) is 0.0625. The van der Waals surface area contributed by atoms with Gasteiger partial charge >= 0.3 is 0 Å². The summed E-state index contributed by atoms with van der Waals surface area (Å²) in [5.41, 5.74) is 8.36. The highest BCUT2D eigenvalue weighted by Gasteiger charge is 2.17. The Bertz CT molecular complexity index is 753. The SMILES string of the molecule is NC(c1ccc2cccnc2c1)c1c(F)cccc1Br. The number of hydrogen-bond donors (Lipinski definition) is 1. The van der Waals surface area contributed by atoms with Crippen molar-refractivity contribution in [2.75, 3.05) is 0 Å². The summed E-state index contributed by atoms with van der Waals surface area (Å²) >= 11 is 3.36. The quantitative estimate of drug-likeness (QED) is 0.765. The highest BCUT2D eigenvalue weighted by atomic mass is 79.9. The normalized spacial score (nSPS) is 12.6. The highest BCUT2D eigenvalue weighted by Crippen LogP contribution is 2.30. The number of pyridine rings is 1.